The lowest BCUT2D eigenvalue weighted by Crippen LogP contribution is -2.28. The van der Waals surface area contributed by atoms with Crippen LogP contribution in [0.4, 0.5) is 0 Å². The SMILES string of the molecule is O=C(NCCCN1C=CNC1)c1ccc2[nH]c(-c3ccc[nH]c3=O)c(C3C=CC=CC3)c2c1. The van der Waals surface area contributed by atoms with Gasteiger partial charge >= 0.3 is 0 Å². The smallest absolute Gasteiger partial charge is 0.257 e. The maximum absolute atomic E-state index is 12.9. The summed E-state index contributed by atoms with van der Waals surface area (Å²) in [4.78, 5) is 33.8. The summed E-state index contributed by atoms with van der Waals surface area (Å²) in [6.45, 7) is 2.32. The Hall–Kier alpha value is -4.00. The number of benzene rings is 1. The number of carbonyl (C=O) groups excluding carboxylic acids is 1. The molecule has 3 heterocycles. The minimum atomic E-state index is -0.137. The summed E-state index contributed by atoms with van der Waals surface area (Å²) in [7, 11) is 0. The third-order valence-electron chi connectivity index (χ3n) is 6.15. The van der Waals surface area contributed by atoms with Crippen molar-refractivity contribution in [2.75, 3.05) is 19.8 Å². The van der Waals surface area contributed by atoms with Crippen LogP contribution < -0.4 is 16.2 Å². The number of hydrogen-bond donors (Lipinski definition) is 4. The van der Waals surface area contributed by atoms with Crippen LogP contribution in [0.1, 0.15) is 34.7 Å². The Labute approximate surface area is 191 Å². The van der Waals surface area contributed by atoms with Gasteiger partial charge in [-0.1, -0.05) is 24.3 Å². The maximum atomic E-state index is 12.9. The van der Waals surface area contributed by atoms with E-state index in [1.807, 2.05) is 54.9 Å². The van der Waals surface area contributed by atoms with E-state index in [2.05, 4.69) is 37.7 Å². The van der Waals surface area contributed by atoms with Crippen molar-refractivity contribution in [1.29, 1.82) is 0 Å². The van der Waals surface area contributed by atoms with Crippen LogP contribution in [0.25, 0.3) is 22.2 Å². The molecule has 1 atom stereocenters. The summed E-state index contributed by atoms with van der Waals surface area (Å²) in [5, 5.41) is 7.14. The highest BCUT2D eigenvalue weighted by atomic mass is 16.1. The number of hydrogen-bond acceptors (Lipinski definition) is 4. The highest BCUT2D eigenvalue weighted by molar-refractivity contribution is 6.00. The maximum Gasteiger partial charge on any atom is 0.257 e. The number of nitrogens with one attached hydrogen (secondary N) is 4. The standard InChI is InChI=1S/C26H27N5O2/c32-25(28-12-5-14-31-15-13-27-17-31)19-9-10-22-21(16-19)23(18-6-2-1-3-7-18)24(30-22)20-8-4-11-29-26(20)33/h1-4,6,8-11,13,15-16,18,27,30H,5,7,12,14,17H2,(H,28,32)(H,29,33). The summed E-state index contributed by atoms with van der Waals surface area (Å²) in [6, 6.07) is 9.36. The lowest BCUT2D eigenvalue weighted by atomic mass is 9.88. The van der Waals surface area contributed by atoms with E-state index in [0.717, 1.165) is 48.2 Å². The predicted octanol–water partition coefficient (Wildman–Crippen LogP) is 3.58. The fourth-order valence-electron chi connectivity index (χ4n) is 4.49. The Morgan fingerprint density at radius 1 is 1.21 bits per heavy atom. The number of carbonyl (C=O) groups is 1. The molecule has 1 aromatic carbocycles. The monoisotopic (exact) mass is 441 g/mol. The molecule has 0 saturated carbocycles. The Bertz CT molecular complexity index is 1310. The van der Waals surface area contributed by atoms with Crippen molar-refractivity contribution in [3.05, 3.63) is 94.7 Å². The Balaban J connectivity index is 1.44. The summed E-state index contributed by atoms with van der Waals surface area (Å²) >= 11 is 0. The quantitative estimate of drug-likeness (QED) is 0.422. The van der Waals surface area contributed by atoms with Gasteiger partial charge in [0, 0.05) is 54.1 Å². The zero-order valence-electron chi connectivity index (χ0n) is 18.3. The number of pyridine rings is 1. The van der Waals surface area contributed by atoms with Gasteiger partial charge in [-0.2, -0.15) is 0 Å². The van der Waals surface area contributed by atoms with Gasteiger partial charge in [-0.25, -0.2) is 0 Å². The molecule has 1 unspecified atom stereocenters. The molecule has 1 amide bonds. The molecule has 3 aromatic rings. The number of rotatable bonds is 7. The molecule has 7 heteroatoms. The molecule has 7 nitrogen and oxygen atoms in total. The number of aromatic amines is 2. The van der Waals surface area contributed by atoms with Gasteiger partial charge in [0.2, 0.25) is 0 Å². The molecule has 168 valence electrons. The second-order valence-corrected chi connectivity index (χ2v) is 8.34. The van der Waals surface area contributed by atoms with E-state index in [-0.39, 0.29) is 17.4 Å². The molecule has 0 spiro atoms. The molecule has 5 rings (SSSR count). The van der Waals surface area contributed by atoms with Gasteiger partial charge in [0.15, 0.2) is 0 Å². The molecule has 1 aliphatic carbocycles. The first-order valence-corrected chi connectivity index (χ1v) is 11.3. The predicted molar refractivity (Wildman–Crippen MR) is 131 cm³/mol. The third kappa shape index (κ3) is 4.35. The van der Waals surface area contributed by atoms with E-state index in [4.69, 9.17) is 0 Å². The summed E-state index contributed by atoms with van der Waals surface area (Å²) in [5.74, 6) is 0.0381. The van der Waals surface area contributed by atoms with Crippen LogP contribution in [-0.2, 0) is 0 Å². The molecule has 1 aliphatic heterocycles. The molecule has 4 N–H and O–H groups in total. The van der Waals surface area contributed by atoms with Crippen LogP contribution in [0.2, 0.25) is 0 Å². The normalized spacial score (nSPS) is 17.0. The van der Waals surface area contributed by atoms with Crippen LogP contribution in [-0.4, -0.2) is 40.5 Å². The van der Waals surface area contributed by atoms with Gasteiger partial charge in [-0.3, -0.25) is 9.59 Å². The number of allylic oxidation sites excluding steroid dienone is 4. The van der Waals surface area contributed by atoms with Crippen LogP contribution >= 0.6 is 0 Å². The molecule has 0 bridgehead atoms. The van der Waals surface area contributed by atoms with Crippen molar-refractivity contribution in [2.24, 2.45) is 0 Å². The van der Waals surface area contributed by atoms with Crippen molar-refractivity contribution in [3.63, 3.8) is 0 Å². The minimum Gasteiger partial charge on any atom is -0.373 e. The Morgan fingerprint density at radius 3 is 2.94 bits per heavy atom. The van der Waals surface area contributed by atoms with Gasteiger partial charge < -0.3 is 25.5 Å². The van der Waals surface area contributed by atoms with E-state index < -0.39 is 0 Å². The van der Waals surface area contributed by atoms with Gasteiger partial charge in [0.05, 0.1) is 17.9 Å². The Morgan fingerprint density at radius 2 is 2.15 bits per heavy atom. The van der Waals surface area contributed by atoms with Crippen molar-refractivity contribution < 1.29 is 4.79 Å². The average Bonchev–Trinajstić information content (AvgIpc) is 3.50. The van der Waals surface area contributed by atoms with Crippen LogP contribution in [0.3, 0.4) is 0 Å². The topological polar surface area (TPSA) is 93.0 Å². The summed E-state index contributed by atoms with van der Waals surface area (Å²) in [5.41, 5.74) is 3.85. The number of amides is 1. The van der Waals surface area contributed by atoms with Crippen LogP contribution in [0, 0.1) is 0 Å². The van der Waals surface area contributed by atoms with Crippen molar-refractivity contribution in [2.45, 2.75) is 18.8 Å². The largest absolute Gasteiger partial charge is 0.373 e. The zero-order chi connectivity index (χ0) is 22.6. The summed E-state index contributed by atoms with van der Waals surface area (Å²) in [6.07, 6.45) is 15.6. The zero-order valence-corrected chi connectivity index (χ0v) is 18.3. The average molecular weight is 442 g/mol. The number of fused-ring (bicyclic) bond motifs is 1. The first-order valence-electron chi connectivity index (χ1n) is 11.3. The molecular formula is C26H27N5O2. The van der Waals surface area contributed by atoms with Crippen LogP contribution in [0.5, 0.6) is 0 Å². The molecular weight excluding hydrogens is 414 g/mol. The number of nitrogens with zero attached hydrogens (tertiary/aromatic N) is 1. The lowest BCUT2D eigenvalue weighted by Gasteiger charge is -2.16. The van der Waals surface area contributed by atoms with Crippen molar-refractivity contribution in [1.82, 2.24) is 25.5 Å². The first kappa shape index (κ1) is 20.9. The van der Waals surface area contributed by atoms with Crippen molar-refractivity contribution in [3.8, 4) is 11.3 Å². The fraction of sp³-hybridized carbons (Fsp3) is 0.231. The van der Waals surface area contributed by atoms with Gasteiger partial charge in [0.25, 0.3) is 11.5 Å². The van der Waals surface area contributed by atoms with E-state index in [1.165, 1.54) is 0 Å². The molecule has 0 radical (unpaired) electrons. The molecule has 0 saturated heterocycles. The summed E-state index contributed by atoms with van der Waals surface area (Å²) < 4.78 is 0. The second-order valence-electron chi connectivity index (χ2n) is 8.34. The molecule has 0 fully saturated rings. The molecule has 2 aromatic heterocycles. The van der Waals surface area contributed by atoms with E-state index in [1.54, 1.807) is 6.20 Å². The third-order valence-corrected chi connectivity index (χ3v) is 6.15. The number of aromatic nitrogens is 2. The minimum absolute atomic E-state index is 0.0858. The molecule has 2 aliphatic rings. The first-order chi connectivity index (χ1) is 16.2. The van der Waals surface area contributed by atoms with E-state index >= 15 is 0 Å². The van der Waals surface area contributed by atoms with Gasteiger partial charge in [0.1, 0.15) is 0 Å². The fourth-order valence-corrected chi connectivity index (χ4v) is 4.49. The lowest BCUT2D eigenvalue weighted by molar-refractivity contribution is 0.0952. The highest BCUT2D eigenvalue weighted by Gasteiger charge is 2.22. The second kappa shape index (κ2) is 9.24. The van der Waals surface area contributed by atoms with Gasteiger partial charge in [-0.05, 0) is 48.7 Å². The van der Waals surface area contributed by atoms with Gasteiger partial charge in [-0.15, -0.1) is 0 Å². The highest BCUT2D eigenvalue weighted by Crippen LogP contribution is 2.38. The Kier molecular flexibility index (Phi) is 5.85. The van der Waals surface area contributed by atoms with Crippen LogP contribution in [0.15, 0.2) is 78.0 Å². The van der Waals surface area contributed by atoms with E-state index in [0.29, 0.717) is 17.7 Å². The number of H-pyrrole nitrogens is 2. The van der Waals surface area contributed by atoms with E-state index in [9.17, 15) is 9.59 Å². The van der Waals surface area contributed by atoms with Crippen molar-refractivity contribution >= 4 is 16.8 Å². The molecule has 33 heavy (non-hydrogen) atoms.